The van der Waals surface area contributed by atoms with E-state index < -0.39 is 0 Å². The van der Waals surface area contributed by atoms with Crippen LogP contribution in [0.1, 0.15) is 12.0 Å². The Morgan fingerprint density at radius 2 is 2.37 bits per heavy atom. The third kappa shape index (κ3) is 4.03. The first-order valence-electron chi connectivity index (χ1n) is 6.53. The normalized spacial score (nSPS) is 20.3. The molecule has 1 aliphatic heterocycles. The number of amides is 1. The van der Waals surface area contributed by atoms with Crippen molar-refractivity contribution in [1.29, 1.82) is 0 Å². The molecule has 1 fully saturated rings. The molecule has 1 aromatic carbocycles. The standard InChI is InChI=1S/C14H20BrN3O/c1-10-3-4-13(12(15)7-10)17-14(19)8-11-9-16-5-6-18(11)2/h3-4,7,11,16H,5-6,8-9H2,1-2H3,(H,17,19). The van der Waals surface area contributed by atoms with Crippen molar-refractivity contribution >= 4 is 27.5 Å². The highest BCUT2D eigenvalue weighted by Gasteiger charge is 2.21. The first-order chi connectivity index (χ1) is 9.06. The summed E-state index contributed by atoms with van der Waals surface area (Å²) in [6.07, 6.45) is 0.518. The molecule has 1 aromatic rings. The molecule has 4 nitrogen and oxygen atoms in total. The molecule has 0 aliphatic carbocycles. The highest BCUT2D eigenvalue weighted by atomic mass is 79.9. The summed E-state index contributed by atoms with van der Waals surface area (Å²) in [5, 5.41) is 6.29. The van der Waals surface area contributed by atoms with E-state index in [1.54, 1.807) is 0 Å². The van der Waals surface area contributed by atoms with Gasteiger partial charge in [-0.1, -0.05) is 6.07 Å². The Kier molecular flexibility index (Phi) is 4.96. The lowest BCUT2D eigenvalue weighted by molar-refractivity contribution is -0.117. The van der Waals surface area contributed by atoms with Crippen LogP contribution in [-0.2, 0) is 4.79 Å². The summed E-state index contributed by atoms with van der Waals surface area (Å²) < 4.78 is 0.927. The second kappa shape index (κ2) is 6.50. The fourth-order valence-corrected chi connectivity index (χ4v) is 2.82. The van der Waals surface area contributed by atoms with Gasteiger partial charge in [-0.25, -0.2) is 0 Å². The summed E-state index contributed by atoms with van der Waals surface area (Å²) in [4.78, 5) is 14.3. The second-order valence-electron chi connectivity index (χ2n) is 5.07. The maximum Gasteiger partial charge on any atom is 0.226 e. The first-order valence-corrected chi connectivity index (χ1v) is 7.32. The van der Waals surface area contributed by atoms with Crippen LogP contribution in [0.3, 0.4) is 0 Å². The van der Waals surface area contributed by atoms with Crippen LogP contribution in [0, 0.1) is 6.92 Å². The monoisotopic (exact) mass is 325 g/mol. The number of anilines is 1. The summed E-state index contributed by atoms with van der Waals surface area (Å²) in [6.45, 7) is 4.89. The van der Waals surface area contributed by atoms with Crippen LogP contribution in [0.5, 0.6) is 0 Å². The van der Waals surface area contributed by atoms with Crippen LogP contribution in [0.25, 0.3) is 0 Å². The molecule has 0 spiro atoms. The molecule has 19 heavy (non-hydrogen) atoms. The van der Waals surface area contributed by atoms with Gasteiger partial charge in [0.2, 0.25) is 5.91 Å². The number of piperazine rings is 1. The maximum atomic E-state index is 12.1. The minimum absolute atomic E-state index is 0.0603. The molecule has 0 radical (unpaired) electrons. The quantitative estimate of drug-likeness (QED) is 0.893. The van der Waals surface area contributed by atoms with Gasteiger partial charge < -0.3 is 15.5 Å². The largest absolute Gasteiger partial charge is 0.325 e. The molecule has 0 bridgehead atoms. The average Bonchev–Trinajstić information content (AvgIpc) is 2.36. The van der Waals surface area contributed by atoms with Crippen molar-refractivity contribution < 1.29 is 4.79 Å². The summed E-state index contributed by atoms with van der Waals surface area (Å²) in [7, 11) is 2.07. The minimum Gasteiger partial charge on any atom is -0.325 e. The number of halogens is 1. The van der Waals surface area contributed by atoms with Gasteiger partial charge in [-0.2, -0.15) is 0 Å². The third-order valence-corrected chi connectivity index (χ3v) is 4.12. The summed E-state index contributed by atoms with van der Waals surface area (Å²) in [6, 6.07) is 6.21. The molecule has 1 aliphatic rings. The molecule has 1 heterocycles. The highest BCUT2D eigenvalue weighted by Crippen LogP contribution is 2.23. The van der Waals surface area contributed by atoms with Crippen LogP contribution in [0.2, 0.25) is 0 Å². The zero-order chi connectivity index (χ0) is 13.8. The van der Waals surface area contributed by atoms with Gasteiger partial charge in [-0.15, -0.1) is 0 Å². The molecule has 1 atom stereocenters. The molecule has 1 amide bonds. The molecule has 1 saturated heterocycles. The van der Waals surface area contributed by atoms with E-state index in [2.05, 4.69) is 38.5 Å². The van der Waals surface area contributed by atoms with E-state index in [-0.39, 0.29) is 11.9 Å². The fraction of sp³-hybridized carbons (Fsp3) is 0.500. The van der Waals surface area contributed by atoms with Crippen molar-refractivity contribution in [3.63, 3.8) is 0 Å². The van der Waals surface area contributed by atoms with E-state index in [1.165, 1.54) is 5.56 Å². The van der Waals surface area contributed by atoms with Gasteiger partial charge in [0, 0.05) is 36.6 Å². The summed E-state index contributed by atoms with van der Waals surface area (Å²) in [5.74, 6) is 0.0603. The Morgan fingerprint density at radius 1 is 1.58 bits per heavy atom. The number of carbonyl (C=O) groups is 1. The Bertz CT molecular complexity index is 464. The number of aryl methyl sites for hydroxylation is 1. The first kappa shape index (κ1) is 14.5. The van der Waals surface area contributed by atoms with Crippen molar-refractivity contribution in [3.8, 4) is 0 Å². The maximum absolute atomic E-state index is 12.1. The average molecular weight is 326 g/mol. The van der Waals surface area contributed by atoms with Gasteiger partial charge >= 0.3 is 0 Å². The van der Waals surface area contributed by atoms with Crippen LogP contribution in [-0.4, -0.2) is 43.5 Å². The van der Waals surface area contributed by atoms with Crippen molar-refractivity contribution in [2.24, 2.45) is 0 Å². The van der Waals surface area contributed by atoms with Crippen molar-refractivity contribution in [1.82, 2.24) is 10.2 Å². The van der Waals surface area contributed by atoms with Crippen LogP contribution in [0.15, 0.2) is 22.7 Å². The van der Waals surface area contributed by atoms with Crippen LogP contribution in [0.4, 0.5) is 5.69 Å². The van der Waals surface area contributed by atoms with Gasteiger partial charge in [-0.05, 0) is 47.6 Å². The molecule has 2 rings (SSSR count). The van der Waals surface area contributed by atoms with Crippen LogP contribution < -0.4 is 10.6 Å². The molecule has 0 saturated carbocycles. The Labute approximate surface area is 122 Å². The number of hydrogen-bond donors (Lipinski definition) is 2. The van der Waals surface area contributed by atoms with Gasteiger partial charge in [0.1, 0.15) is 0 Å². The van der Waals surface area contributed by atoms with Gasteiger partial charge in [0.25, 0.3) is 0 Å². The number of rotatable bonds is 3. The second-order valence-corrected chi connectivity index (χ2v) is 5.93. The zero-order valence-electron chi connectivity index (χ0n) is 11.4. The zero-order valence-corrected chi connectivity index (χ0v) is 13.0. The lowest BCUT2D eigenvalue weighted by Gasteiger charge is -2.32. The van der Waals surface area contributed by atoms with Crippen molar-refractivity contribution in [2.75, 3.05) is 32.0 Å². The number of likely N-dealkylation sites (N-methyl/N-ethyl adjacent to an activating group) is 1. The lowest BCUT2D eigenvalue weighted by atomic mass is 10.1. The number of nitrogens with zero attached hydrogens (tertiary/aromatic N) is 1. The van der Waals surface area contributed by atoms with E-state index in [0.717, 1.165) is 29.8 Å². The molecule has 1 unspecified atom stereocenters. The molecule has 2 N–H and O–H groups in total. The summed E-state index contributed by atoms with van der Waals surface area (Å²) in [5.41, 5.74) is 2.00. The SMILES string of the molecule is Cc1ccc(NC(=O)CC2CNCCN2C)c(Br)c1. The van der Waals surface area contributed by atoms with Gasteiger partial charge in [0.05, 0.1) is 5.69 Å². The minimum atomic E-state index is 0.0603. The number of nitrogens with one attached hydrogen (secondary N) is 2. The molecular weight excluding hydrogens is 306 g/mol. The van der Waals surface area contributed by atoms with Crippen molar-refractivity contribution in [3.05, 3.63) is 28.2 Å². The smallest absolute Gasteiger partial charge is 0.226 e. The number of benzene rings is 1. The molecule has 0 aromatic heterocycles. The summed E-state index contributed by atoms with van der Waals surface area (Å²) >= 11 is 3.48. The van der Waals surface area contributed by atoms with Gasteiger partial charge in [0.15, 0.2) is 0 Å². The number of hydrogen-bond acceptors (Lipinski definition) is 3. The number of carbonyl (C=O) groups excluding carboxylic acids is 1. The van der Waals surface area contributed by atoms with E-state index >= 15 is 0 Å². The van der Waals surface area contributed by atoms with E-state index in [9.17, 15) is 4.79 Å². The molecular formula is C14H20BrN3O. The lowest BCUT2D eigenvalue weighted by Crippen LogP contribution is -2.50. The van der Waals surface area contributed by atoms with E-state index in [4.69, 9.17) is 0 Å². The van der Waals surface area contributed by atoms with Crippen LogP contribution >= 0.6 is 15.9 Å². The van der Waals surface area contributed by atoms with Crippen molar-refractivity contribution in [2.45, 2.75) is 19.4 Å². The molecule has 104 valence electrons. The van der Waals surface area contributed by atoms with E-state index in [1.807, 2.05) is 25.1 Å². The fourth-order valence-electron chi connectivity index (χ4n) is 2.23. The third-order valence-electron chi connectivity index (χ3n) is 3.46. The predicted molar refractivity (Wildman–Crippen MR) is 81.4 cm³/mol. The topological polar surface area (TPSA) is 44.4 Å². The molecule has 5 heteroatoms. The Hall–Kier alpha value is -0.910. The highest BCUT2D eigenvalue weighted by molar-refractivity contribution is 9.10. The Morgan fingerprint density at radius 3 is 3.05 bits per heavy atom. The van der Waals surface area contributed by atoms with E-state index in [0.29, 0.717) is 6.42 Å². The Balaban J connectivity index is 1.93. The predicted octanol–water partition coefficient (Wildman–Crippen LogP) is 1.99. The van der Waals surface area contributed by atoms with Gasteiger partial charge in [-0.3, -0.25) is 4.79 Å².